The zero-order valence-electron chi connectivity index (χ0n) is 21.5. The third-order valence-corrected chi connectivity index (χ3v) is 6.82. The Balaban J connectivity index is 0.000000638. The van der Waals surface area contributed by atoms with E-state index in [-0.39, 0.29) is 6.97 Å². The first kappa shape index (κ1) is 24.1. The van der Waals surface area contributed by atoms with Crippen LogP contribution in [0.5, 0.6) is 0 Å². The first-order valence-corrected chi connectivity index (χ1v) is 12.4. The highest BCUT2D eigenvalue weighted by Crippen LogP contribution is 2.52. The first-order chi connectivity index (χ1) is 16.3. The molecular formula is C26H42N8. The fraction of sp³-hybridized carbons (Fsp3) is 0.577. The van der Waals surface area contributed by atoms with E-state index in [1.54, 1.807) is 0 Å². The number of allylic oxidation sites excluding steroid dienone is 2. The Hall–Kier alpha value is -3.03. The molecule has 1 aromatic rings. The maximum Gasteiger partial charge on any atom is 0.199 e. The van der Waals surface area contributed by atoms with Crippen molar-refractivity contribution in [2.75, 3.05) is 33.7 Å². The van der Waals surface area contributed by atoms with E-state index in [2.05, 4.69) is 92.9 Å². The van der Waals surface area contributed by atoms with Crippen LogP contribution < -0.4 is 10.6 Å². The third kappa shape index (κ3) is 5.05. The van der Waals surface area contributed by atoms with E-state index in [1.807, 2.05) is 32.1 Å². The molecule has 0 bridgehead atoms. The molecule has 0 amide bonds. The minimum absolute atomic E-state index is 0. The average molecular weight is 467 g/mol. The molecule has 2 aliphatic heterocycles. The van der Waals surface area contributed by atoms with Gasteiger partial charge in [0.25, 0.3) is 0 Å². The average Bonchev–Trinajstić information content (AvgIpc) is 3.26. The van der Waals surface area contributed by atoms with Gasteiger partial charge in [0.15, 0.2) is 5.96 Å². The standard InChI is InChI=1S/C22H30N8.C4H10.H2/c1-16-5-4-6-17-11-22(16,17)27-20(19-12-25-14-28(19)3)26-21(23-2)29-9-7-18(13-29)30-10-8-24-15-30;1-4(2)3;/h4-6,8,10,14-15,17-18,27H,7,9,11-13H2,1-3H3,(H,23,26);4H,1-3H3;1H/b20-19-;;. The van der Waals surface area contributed by atoms with E-state index in [4.69, 9.17) is 0 Å². The van der Waals surface area contributed by atoms with Crippen LogP contribution in [0.1, 0.15) is 48.0 Å². The van der Waals surface area contributed by atoms with Crippen LogP contribution in [0, 0.1) is 11.8 Å². The molecule has 0 aromatic carbocycles. The van der Waals surface area contributed by atoms with E-state index in [0.29, 0.717) is 18.5 Å². The number of nitrogens with zero attached hydrogens (tertiary/aromatic N) is 6. The van der Waals surface area contributed by atoms with Gasteiger partial charge in [-0.3, -0.25) is 9.98 Å². The molecule has 2 N–H and O–H groups in total. The normalized spacial score (nSPS) is 29.0. The monoisotopic (exact) mass is 466 g/mol. The first-order valence-electron chi connectivity index (χ1n) is 12.4. The molecule has 4 aliphatic rings. The van der Waals surface area contributed by atoms with Crippen molar-refractivity contribution in [3.05, 3.63) is 54.0 Å². The highest BCUT2D eigenvalue weighted by molar-refractivity contribution is 5.82. The molecule has 1 aromatic heterocycles. The summed E-state index contributed by atoms with van der Waals surface area (Å²) in [6.07, 6.45) is 16.6. The second-order valence-electron chi connectivity index (χ2n) is 10.3. The summed E-state index contributed by atoms with van der Waals surface area (Å²) in [7, 11) is 3.91. The van der Waals surface area contributed by atoms with E-state index >= 15 is 0 Å². The number of likely N-dealkylation sites (tertiary alicyclic amines) is 1. The summed E-state index contributed by atoms with van der Waals surface area (Å²) >= 11 is 0. The number of nitrogens with one attached hydrogen (secondary N) is 2. The summed E-state index contributed by atoms with van der Waals surface area (Å²) in [5, 5.41) is 7.51. The van der Waals surface area contributed by atoms with Crippen molar-refractivity contribution < 1.29 is 1.43 Å². The van der Waals surface area contributed by atoms with Gasteiger partial charge in [0, 0.05) is 46.9 Å². The predicted molar refractivity (Wildman–Crippen MR) is 142 cm³/mol. The Morgan fingerprint density at radius 3 is 2.74 bits per heavy atom. The Kier molecular flexibility index (Phi) is 7.14. The van der Waals surface area contributed by atoms with Gasteiger partial charge >= 0.3 is 0 Å². The topological polar surface area (TPSA) is 73.1 Å². The van der Waals surface area contributed by atoms with Crippen LogP contribution in [0.2, 0.25) is 0 Å². The highest BCUT2D eigenvalue weighted by Gasteiger charge is 2.55. The lowest BCUT2D eigenvalue weighted by Gasteiger charge is -2.30. The Morgan fingerprint density at radius 2 is 2.12 bits per heavy atom. The Labute approximate surface area is 205 Å². The number of aliphatic imine (C=N–C) groups is 2. The fourth-order valence-electron chi connectivity index (χ4n) is 4.83. The van der Waals surface area contributed by atoms with Crippen molar-refractivity contribution >= 4 is 12.3 Å². The van der Waals surface area contributed by atoms with Crippen molar-refractivity contribution in [2.24, 2.45) is 21.8 Å². The smallest absolute Gasteiger partial charge is 0.199 e. The molecular weight excluding hydrogens is 424 g/mol. The molecule has 0 spiro atoms. The summed E-state index contributed by atoms with van der Waals surface area (Å²) in [5.41, 5.74) is 2.54. The van der Waals surface area contributed by atoms with Crippen molar-refractivity contribution in [3.8, 4) is 0 Å². The number of fused-ring (bicyclic) bond motifs is 1. The predicted octanol–water partition coefficient (Wildman–Crippen LogP) is 3.62. The summed E-state index contributed by atoms with van der Waals surface area (Å²) in [6, 6.07) is 0.424. The number of guanidine groups is 1. The summed E-state index contributed by atoms with van der Waals surface area (Å²) in [5.74, 6) is 3.29. The molecule has 5 rings (SSSR count). The molecule has 186 valence electrons. The summed E-state index contributed by atoms with van der Waals surface area (Å²) < 4.78 is 2.19. The van der Waals surface area contributed by atoms with Crippen molar-refractivity contribution in [1.82, 2.24) is 30.0 Å². The number of imidazole rings is 1. The van der Waals surface area contributed by atoms with Gasteiger partial charge in [-0.2, -0.15) is 0 Å². The van der Waals surface area contributed by atoms with Crippen LogP contribution in [0.3, 0.4) is 0 Å². The number of hydrogen-bond acceptors (Lipinski definition) is 5. The molecule has 3 heterocycles. The summed E-state index contributed by atoms with van der Waals surface area (Å²) in [6.45, 7) is 11.3. The van der Waals surface area contributed by atoms with Gasteiger partial charge in [-0.05, 0) is 31.3 Å². The lowest BCUT2D eigenvalue weighted by Crippen LogP contribution is -2.48. The summed E-state index contributed by atoms with van der Waals surface area (Å²) in [4.78, 5) is 17.7. The minimum atomic E-state index is 0. The van der Waals surface area contributed by atoms with Crippen LogP contribution in [-0.2, 0) is 0 Å². The quantitative estimate of drug-likeness (QED) is 0.524. The van der Waals surface area contributed by atoms with E-state index in [0.717, 1.165) is 49.3 Å². The molecule has 1 saturated heterocycles. The number of likely N-dealkylation sites (N-methyl/N-ethyl adjacent to an activating group) is 1. The fourth-order valence-corrected chi connectivity index (χ4v) is 4.83. The largest absolute Gasteiger partial charge is 0.360 e. The SMILES string of the molecule is CC(C)C.CN=C(N/C(NC12CC1C=CC=C2C)=C1\CN=CN1C)N1CCC(n2ccnc2)C1.[HH]. The van der Waals surface area contributed by atoms with E-state index in [9.17, 15) is 0 Å². The van der Waals surface area contributed by atoms with Crippen molar-refractivity contribution in [2.45, 2.75) is 52.1 Å². The van der Waals surface area contributed by atoms with Gasteiger partial charge in [-0.1, -0.05) is 39.0 Å². The molecule has 2 aliphatic carbocycles. The van der Waals surface area contributed by atoms with Crippen LogP contribution in [0.25, 0.3) is 0 Å². The Morgan fingerprint density at radius 1 is 1.32 bits per heavy atom. The van der Waals surface area contributed by atoms with E-state index < -0.39 is 0 Å². The third-order valence-electron chi connectivity index (χ3n) is 6.82. The minimum Gasteiger partial charge on any atom is -0.360 e. The second kappa shape index (κ2) is 10.1. The van der Waals surface area contributed by atoms with Gasteiger partial charge in [0.1, 0.15) is 5.82 Å². The molecule has 8 nitrogen and oxygen atoms in total. The lowest BCUT2D eigenvalue weighted by molar-refractivity contribution is 0.451. The van der Waals surface area contributed by atoms with Gasteiger partial charge < -0.3 is 25.0 Å². The molecule has 8 heteroatoms. The maximum absolute atomic E-state index is 4.61. The molecule has 1 saturated carbocycles. The number of rotatable bonds is 4. The zero-order chi connectivity index (χ0) is 24.3. The molecule has 0 radical (unpaired) electrons. The maximum atomic E-state index is 4.61. The van der Waals surface area contributed by atoms with Gasteiger partial charge in [-0.25, -0.2) is 4.98 Å². The van der Waals surface area contributed by atoms with Crippen molar-refractivity contribution in [3.63, 3.8) is 0 Å². The van der Waals surface area contributed by atoms with Crippen LogP contribution in [0.15, 0.2) is 64.0 Å². The zero-order valence-corrected chi connectivity index (χ0v) is 21.5. The van der Waals surface area contributed by atoms with Gasteiger partial charge in [0.2, 0.25) is 0 Å². The molecule has 2 fully saturated rings. The highest BCUT2D eigenvalue weighted by atomic mass is 15.4. The van der Waals surface area contributed by atoms with Crippen molar-refractivity contribution in [1.29, 1.82) is 0 Å². The van der Waals surface area contributed by atoms with Crippen LogP contribution >= 0.6 is 0 Å². The Bertz CT molecular complexity index is 1000. The van der Waals surface area contributed by atoms with E-state index in [1.165, 1.54) is 5.57 Å². The number of hydrogen-bond donors (Lipinski definition) is 2. The number of aromatic nitrogens is 2. The molecule has 3 unspecified atom stereocenters. The molecule has 3 atom stereocenters. The second-order valence-corrected chi connectivity index (χ2v) is 10.3. The molecule has 34 heavy (non-hydrogen) atoms. The lowest BCUT2D eigenvalue weighted by atomic mass is 9.99. The van der Waals surface area contributed by atoms with Gasteiger partial charge in [-0.15, -0.1) is 0 Å². The van der Waals surface area contributed by atoms with Crippen LogP contribution in [-0.4, -0.2) is 70.9 Å². The van der Waals surface area contributed by atoms with Gasteiger partial charge in [0.05, 0.1) is 36.5 Å². The van der Waals surface area contributed by atoms with Crippen LogP contribution in [0.4, 0.5) is 0 Å².